The summed E-state index contributed by atoms with van der Waals surface area (Å²) in [6, 6.07) is 25.8. The predicted octanol–water partition coefficient (Wildman–Crippen LogP) is 6.19. The van der Waals surface area contributed by atoms with E-state index in [1.165, 1.54) is 33.0 Å². The van der Waals surface area contributed by atoms with Gasteiger partial charge in [0.05, 0.1) is 5.69 Å². The van der Waals surface area contributed by atoms with Gasteiger partial charge in [-0.15, -0.1) is 0 Å². The Kier molecular flexibility index (Phi) is 3.62. The highest BCUT2D eigenvalue weighted by molar-refractivity contribution is 5.95. The third-order valence-corrected chi connectivity index (χ3v) is 4.51. The van der Waals surface area contributed by atoms with Crippen LogP contribution in [0.5, 0.6) is 0 Å². The fraction of sp³-hybridized carbons (Fsp3) is 0.0870. The molecule has 1 nitrogen and oxygen atoms in total. The van der Waals surface area contributed by atoms with E-state index >= 15 is 0 Å². The molecule has 24 heavy (non-hydrogen) atoms. The number of nitrogens with zero attached hydrogens (tertiary/aromatic N) is 1. The van der Waals surface area contributed by atoms with E-state index in [1.54, 1.807) is 0 Å². The second kappa shape index (κ2) is 5.93. The molecule has 4 rings (SSSR count). The summed E-state index contributed by atoms with van der Waals surface area (Å²) in [4.78, 5) is 4.65. The van der Waals surface area contributed by atoms with E-state index in [0.717, 1.165) is 11.3 Å². The molecule has 1 heterocycles. The number of fused-ring (bicyclic) bond motifs is 1. The van der Waals surface area contributed by atoms with Gasteiger partial charge < -0.3 is 0 Å². The lowest BCUT2D eigenvalue weighted by Gasteiger charge is -2.11. The van der Waals surface area contributed by atoms with Crippen LogP contribution in [0.1, 0.15) is 11.1 Å². The van der Waals surface area contributed by atoms with E-state index in [4.69, 9.17) is 0 Å². The maximum absolute atomic E-state index is 4.65. The Morgan fingerprint density at radius 2 is 1.54 bits per heavy atom. The zero-order valence-electron chi connectivity index (χ0n) is 14.0. The predicted molar refractivity (Wildman–Crippen MR) is 102 cm³/mol. The summed E-state index contributed by atoms with van der Waals surface area (Å²) in [7, 11) is 0. The molecule has 0 bridgehead atoms. The molecule has 0 aliphatic heterocycles. The summed E-state index contributed by atoms with van der Waals surface area (Å²) >= 11 is 0. The van der Waals surface area contributed by atoms with Crippen LogP contribution in [0.15, 0.2) is 79.0 Å². The molecule has 116 valence electrons. The van der Waals surface area contributed by atoms with Crippen molar-refractivity contribution in [3.63, 3.8) is 0 Å². The van der Waals surface area contributed by atoms with Crippen molar-refractivity contribution in [3.8, 4) is 22.4 Å². The highest BCUT2D eigenvalue weighted by Gasteiger charge is 2.08. The summed E-state index contributed by atoms with van der Waals surface area (Å²) in [5, 5.41) is 2.41. The van der Waals surface area contributed by atoms with Crippen LogP contribution in [0.2, 0.25) is 0 Å². The third-order valence-electron chi connectivity index (χ3n) is 4.51. The molecule has 0 amide bonds. The van der Waals surface area contributed by atoms with Gasteiger partial charge in [0, 0.05) is 17.1 Å². The fourth-order valence-electron chi connectivity index (χ4n) is 3.23. The lowest BCUT2D eigenvalue weighted by Crippen LogP contribution is -1.89. The van der Waals surface area contributed by atoms with E-state index in [1.807, 2.05) is 6.20 Å². The van der Waals surface area contributed by atoms with Crippen molar-refractivity contribution in [1.82, 2.24) is 4.98 Å². The van der Waals surface area contributed by atoms with Crippen molar-refractivity contribution >= 4 is 10.8 Å². The number of pyridine rings is 1. The number of aryl methyl sites for hydroxylation is 2. The van der Waals surface area contributed by atoms with Crippen LogP contribution in [-0.4, -0.2) is 4.98 Å². The van der Waals surface area contributed by atoms with Crippen LogP contribution >= 0.6 is 0 Å². The van der Waals surface area contributed by atoms with Gasteiger partial charge in [0.2, 0.25) is 0 Å². The summed E-state index contributed by atoms with van der Waals surface area (Å²) < 4.78 is 0. The molecule has 0 spiro atoms. The number of benzene rings is 3. The largest absolute Gasteiger partial charge is 0.256 e. The molecule has 4 aromatic rings. The Labute approximate surface area is 142 Å². The number of hydrogen-bond donors (Lipinski definition) is 0. The highest BCUT2D eigenvalue weighted by Crippen LogP contribution is 2.31. The van der Waals surface area contributed by atoms with Crippen molar-refractivity contribution in [2.24, 2.45) is 0 Å². The minimum absolute atomic E-state index is 1.04. The Hall–Kier alpha value is -2.93. The first-order valence-electron chi connectivity index (χ1n) is 8.24. The number of hydrogen-bond acceptors (Lipinski definition) is 1. The van der Waals surface area contributed by atoms with Gasteiger partial charge in [-0.25, -0.2) is 0 Å². The zero-order valence-corrected chi connectivity index (χ0v) is 14.0. The monoisotopic (exact) mass is 309 g/mol. The van der Waals surface area contributed by atoms with Gasteiger partial charge in [-0.05, 0) is 48.1 Å². The van der Waals surface area contributed by atoms with E-state index in [2.05, 4.69) is 91.6 Å². The fourth-order valence-corrected chi connectivity index (χ4v) is 3.23. The molecule has 0 saturated carbocycles. The first kappa shape index (κ1) is 14.6. The van der Waals surface area contributed by atoms with Gasteiger partial charge in [0.1, 0.15) is 0 Å². The number of rotatable bonds is 2. The van der Waals surface area contributed by atoms with E-state index in [-0.39, 0.29) is 0 Å². The molecule has 0 radical (unpaired) electrons. The lowest BCUT2D eigenvalue weighted by atomic mass is 9.95. The highest BCUT2D eigenvalue weighted by atomic mass is 14.7. The van der Waals surface area contributed by atoms with Crippen LogP contribution in [-0.2, 0) is 0 Å². The van der Waals surface area contributed by atoms with Crippen molar-refractivity contribution in [2.45, 2.75) is 13.8 Å². The Morgan fingerprint density at radius 3 is 2.46 bits per heavy atom. The molecular formula is C23H19N. The Bertz CT molecular complexity index is 1030. The molecule has 0 saturated heterocycles. The van der Waals surface area contributed by atoms with Gasteiger partial charge in [-0.1, -0.05) is 66.2 Å². The molecule has 0 aliphatic carbocycles. The van der Waals surface area contributed by atoms with E-state index in [9.17, 15) is 0 Å². The standard InChI is InChI=1S/C23H19N/c1-16-10-11-17(2)22(14-16)19-7-5-8-20(15-19)23-21-9-4-3-6-18(21)12-13-24-23/h3-15H,1-2H3. The minimum atomic E-state index is 1.04. The van der Waals surface area contributed by atoms with E-state index < -0.39 is 0 Å². The maximum Gasteiger partial charge on any atom is 0.0780 e. The molecule has 0 unspecified atom stereocenters. The molecule has 1 aromatic heterocycles. The maximum atomic E-state index is 4.65. The Balaban J connectivity index is 1.90. The summed E-state index contributed by atoms with van der Waals surface area (Å²) in [6.07, 6.45) is 1.89. The first-order chi connectivity index (χ1) is 11.7. The molecule has 0 fully saturated rings. The normalized spacial score (nSPS) is 10.9. The van der Waals surface area contributed by atoms with Crippen molar-refractivity contribution < 1.29 is 0 Å². The van der Waals surface area contributed by atoms with Gasteiger partial charge in [-0.2, -0.15) is 0 Å². The lowest BCUT2D eigenvalue weighted by molar-refractivity contribution is 1.35. The first-order valence-corrected chi connectivity index (χ1v) is 8.24. The van der Waals surface area contributed by atoms with Crippen LogP contribution in [0.25, 0.3) is 33.2 Å². The van der Waals surface area contributed by atoms with Gasteiger partial charge in [0.15, 0.2) is 0 Å². The quantitative estimate of drug-likeness (QED) is 0.430. The van der Waals surface area contributed by atoms with Crippen LogP contribution in [0, 0.1) is 13.8 Å². The van der Waals surface area contributed by atoms with E-state index in [0.29, 0.717) is 0 Å². The molecule has 3 aromatic carbocycles. The summed E-state index contributed by atoms with van der Waals surface area (Å²) in [5.41, 5.74) is 7.30. The van der Waals surface area contributed by atoms with Crippen LogP contribution in [0.3, 0.4) is 0 Å². The summed E-state index contributed by atoms with van der Waals surface area (Å²) in [5.74, 6) is 0. The van der Waals surface area contributed by atoms with Crippen LogP contribution < -0.4 is 0 Å². The van der Waals surface area contributed by atoms with Gasteiger partial charge >= 0.3 is 0 Å². The molecule has 0 aliphatic rings. The Morgan fingerprint density at radius 1 is 0.708 bits per heavy atom. The molecule has 0 atom stereocenters. The second-order valence-electron chi connectivity index (χ2n) is 6.28. The second-order valence-corrected chi connectivity index (χ2v) is 6.28. The minimum Gasteiger partial charge on any atom is -0.256 e. The van der Waals surface area contributed by atoms with Gasteiger partial charge in [0.25, 0.3) is 0 Å². The topological polar surface area (TPSA) is 12.9 Å². The SMILES string of the molecule is Cc1ccc(C)c(-c2cccc(-c3nccc4ccccc34)c2)c1. The van der Waals surface area contributed by atoms with Crippen LogP contribution in [0.4, 0.5) is 0 Å². The summed E-state index contributed by atoms with van der Waals surface area (Å²) in [6.45, 7) is 4.30. The average molecular weight is 309 g/mol. The molecule has 1 heteroatoms. The van der Waals surface area contributed by atoms with Crippen molar-refractivity contribution in [1.29, 1.82) is 0 Å². The van der Waals surface area contributed by atoms with Gasteiger partial charge in [-0.3, -0.25) is 4.98 Å². The third kappa shape index (κ3) is 2.59. The molecular weight excluding hydrogens is 290 g/mol. The smallest absolute Gasteiger partial charge is 0.0780 e. The molecule has 0 N–H and O–H groups in total. The number of aromatic nitrogens is 1. The van der Waals surface area contributed by atoms with Crippen molar-refractivity contribution in [3.05, 3.63) is 90.1 Å². The van der Waals surface area contributed by atoms with Crippen molar-refractivity contribution in [2.75, 3.05) is 0 Å². The average Bonchev–Trinajstić information content (AvgIpc) is 2.63. The zero-order chi connectivity index (χ0) is 16.5.